The van der Waals surface area contributed by atoms with Gasteiger partial charge < -0.3 is 4.98 Å². The number of Topliss-reactive ketones (excluding diaryl/α,β-unsaturated/α-hetero) is 1. The fraction of sp³-hybridized carbons (Fsp3) is 0.316. The first-order valence-corrected chi connectivity index (χ1v) is 10.5. The normalized spacial score (nSPS) is 25.6. The molecule has 3 heterocycles. The van der Waals surface area contributed by atoms with Crippen molar-refractivity contribution < 1.29 is 13.2 Å². The van der Waals surface area contributed by atoms with Crippen molar-refractivity contribution in [2.45, 2.75) is 42.7 Å². The van der Waals surface area contributed by atoms with Gasteiger partial charge in [-0.2, -0.15) is 4.31 Å². The number of nitrogens with one attached hydrogen (secondary N) is 1. The number of benzene rings is 1. The molecule has 0 radical (unpaired) electrons. The van der Waals surface area contributed by atoms with Crippen molar-refractivity contribution in [2.75, 3.05) is 0 Å². The van der Waals surface area contributed by atoms with E-state index < -0.39 is 16.1 Å². The lowest BCUT2D eigenvalue weighted by molar-refractivity contribution is -0.119. The first kappa shape index (κ1) is 17.5. The molecule has 0 amide bonds. The summed E-state index contributed by atoms with van der Waals surface area (Å²) < 4.78 is 28.2. The maximum atomic E-state index is 13.3. The van der Waals surface area contributed by atoms with Crippen LogP contribution >= 0.6 is 11.6 Å². The Morgan fingerprint density at radius 1 is 1.15 bits per heavy atom. The van der Waals surface area contributed by atoms with Crippen molar-refractivity contribution >= 4 is 33.5 Å². The fourth-order valence-corrected chi connectivity index (χ4v) is 5.90. The van der Waals surface area contributed by atoms with Crippen molar-refractivity contribution in [3.05, 3.63) is 58.9 Å². The second-order valence-electron chi connectivity index (χ2n) is 6.74. The topological polar surface area (TPSA) is 70.2 Å². The summed E-state index contributed by atoms with van der Waals surface area (Å²) >= 11 is 5.90. The van der Waals surface area contributed by atoms with E-state index in [2.05, 4.69) is 4.98 Å². The minimum absolute atomic E-state index is 0.0388. The number of aromatic nitrogens is 1. The van der Waals surface area contributed by atoms with Crippen molar-refractivity contribution in [1.82, 2.24) is 9.29 Å². The van der Waals surface area contributed by atoms with Crippen LogP contribution in [0.2, 0.25) is 5.02 Å². The molecule has 1 N–H and O–H groups in total. The molecule has 26 heavy (non-hydrogen) atoms. The van der Waals surface area contributed by atoms with Gasteiger partial charge in [-0.3, -0.25) is 4.79 Å². The summed E-state index contributed by atoms with van der Waals surface area (Å²) in [7, 11) is -3.70. The van der Waals surface area contributed by atoms with Crippen LogP contribution in [0.15, 0.2) is 53.1 Å². The third kappa shape index (κ3) is 3.02. The van der Waals surface area contributed by atoms with Crippen LogP contribution in [0.25, 0.3) is 6.08 Å². The third-order valence-corrected chi connectivity index (χ3v) is 7.33. The van der Waals surface area contributed by atoms with Gasteiger partial charge >= 0.3 is 0 Å². The SMILES string of the molecule is O=C1CC2CCCC(/C1=C\c1ccc[nH]1)N2S(=O)(=O)c1ccc(Cl)cc1. The van der Waals surface area contributed by atoms with Gasteiger partial charge in [-0.25, -0.2) is 8.42 Å². The van der Waals surface area contributed by atoms with Gasteiger partial charge in [0.1, 0.15) is 0 Å². The maximum Gasteiger partial charge on any atom is 0.243 e. The van der Waals surface area contributed by atoms with E-state index in [0.29, 0.717) is 23.4 Å². The molecular weight excluding hydrogens is 372 g/mol. The second kappa shape index (κ2) is 6.68. The maximum absolute atomic E-state index is 13.3. The molecular formula is C19H19ClN2O3S. The first-order chi connectivity index (χ1) is 12.5. The Labute approximate surface area is 157 Å². The van der Waals surface area contributed by atoms with E-state index in [1.165, 1.54) is 12.1 Å². The smallest absolute Gasteiger partial charge is 0.243 e. The van der Waals surface area contributed by atoms with Gasteiger partial charge in [0.2, 0.25) is 10.0 Å². The summed E-state index contributed by atoms with van der Waals surface area (Å²) in [5, 5.41) is 0.491. The van der Waals surface area contributed by atoms with Crippen LogP contribution in [0, 0.1) is 0 Å². The van der Waals surface area contributed by atoms with Gasteiger partial charge in [0, 0.05) is 34.9 Å². The van der Waals surface area contributed by atoms with Crippen molar-refractivity contribution in [1.29, 1.82) is 0 Å². The monoisotopic (exact) mass is 390 g/mol. The van der Waals surface area contributed by atoms with Gasteiger partial charge in [-0.15, -0.1) is 0 Å². The summed E-state index contributed by atoms with van der Waals surface area (Å²) in [5.41, 5.74) is 1.38. The van der Waals surface area contributed by atoms with E-state index >= 15 is 0 Å². The summed E-state index contributed by atoms with van der Waals surface area (Å²) in [6.07, 6.45) is 6.09. The number of H-pyrrole nitrogens is 1. The van der Waals surface area contributed by atoms with Crippen LogP contribution in [0.1, 0.15) is 31.4 Å². The molecule has 2 unspecified atom stereocenters. The third-order valence-electron chi connectivity index (χ3n) is 5.11. The summed E-state index contributed by atoms with van der Waals surface area (Å²) in [5.74, 6) is 0.0388. The molecule has 4 rings (SSSR count). The molecule has 1 aromatic carbocycles. The zero-order valence-corrected chi connectivity index (χ0v) is 15.6. The summed E-state index contributed by atoms with van der Waals surface area (Å²) in [6, 6.07) is 9.24. The highest BCUT2D eigenvalue weighted by atomic mass is 35.5. The summed E-state index contributed by atoms with van der Waals surface area (Å²) in [6.45, 7) is 0. The minimum Gasteiger partial charge on any atom is -0.362 e. The number of carbonyl (C=O) groups excluding carboxylic acids is 1. The van der Waals surface area contributed by atoms with Gasteiger partial charge in [0.15, 0.2) is 5.78 Å². The van der Waals surface area contributed by atoms with E-state index in [4.69, 9.17) is 11.6 Å². The number of sulfonamides is 1. The molecule has 136 valence electrons. The first-order valence-electron chi connectivity index (χ1n) is 8.64. The van der Waals surface area contributed by atoms with Crippen molar-refractivity contribution in [3.63, 3.8) is 0 Å². The number of carbonyl (C=O) groups is 1. The Morgan fingerprint density at radius 2 is 1.92 bits per heavy atom. The predicted molar refractivity (Wildman–Crippen MR) is 100 cm³/mol. The number of piperidine rings is 2. The molecule has 2 saturated heterocycles. The minimum atomic E-state index is -3.70. The van der Waals surface area contributed by atoms with Crippen LogP contribution < -0.4 is 0 Å². The van der Waals surface area contributed by atoms with E-state index in [1.54, 1.807) is 28.7 Å². The quantitative estimate of drug-likeness (QED) is 0.813. The number of rotatable bonds is 3. The van der Waals surface area contributed by atoms with Crippen LogP contribution in [0.3, 0.4) is 0 Å². The van der Waals surface area contributed by atoms with Crippen LogP contribution in [-0.4, -0.2) is 35.6 Å². The molecule has 2 aliphatic heterocycles. The Morgan fingerprint density at radius 3 is 2.62 bits per heavy atom. The highest BCUT2D eigenvalue weighted by molar-refractivity contribution is 7.89. The molecule has 0 aliphatic carbocycles. The highest BCUT2D eigenvalue weighted by Gasteiger charge is 2.47. The van der Waals surface area contributed by atoms with Gasteiger partial charge in [-0.05, 0) is 61.7 Å². The van der Waals surface area contributed by atoms with E-state index in [-0.39, 0.29) is 23.1 Å². The average molecular weight is 391 g/mol. The number of hydrogen-bond donors (Lipinski definition) is 1. The Balaban J connectivity index is 1.77. The molecule has 2 bridgehead atoms. The van der Waals surface area contributed by atoms with Gasteiger partial charge in [-0.1, -0.05) is 11.6 Å². The molecule has 0 spiro atoms. The molecule has 0 saturated carbocycles. The number of nitrogens with zero attached hydrogens (tertiary/aromatic N) is 1. The zero-order chi connectivity index (χ0) is 18.3. The van der Waals surface area contributed by atoms with Gasteiger partial charge in [0.05, 0.1) is 10.9 Å². The number of fused-ring (bicyclic) bond motifs is 2. The Hall–Kier alpha value is -1.89. The van der Waals surface area contributed by atoms with E-state index in [1.807, 2.05) is 12.1 Å². The lowest BCUT2D eigenvalue weighted by atomic mass is 9.82. The molecule has 5 nitrogen and oxygen atoms in total. The standard InChI is InChI=1S/C19H19ClN2O3S/c20-13-6-8-16(9-7-13)26(24,25)22-15-4-1-5-18(22)17(19(23)12-15)11-14-3-2-10-21-14/h2-3,6-11,15,18,21H,1,4-5,12H2/b17-11+. The van der Waals surface area contributed by atoms with E-state index in [0.717, 1.165) is 12.1 Å². The molecule has 1 aromatic heterocycles. The molecule has 2 aliphatic rings. The average Bonchev–Trinajstić information content (AvgIpc) is 3.12. The van der Waals surface area contributed by atoms with E-state index in [9.17, 15) is 13.2 Å². The molecule has 2 fully saturated rings. The van der Waals surface area contributed by atoms with Crippen LogP contribution in [0.4, 0.5) is 0 Å². The number of halogens is 1. The predicted octanol–water partition coefficient (Wildman–Crippen LogP) is 3.64. The molecule has 2 aromatic rings. The number of hydrogen-bond acceptors (Lipinski definition) is 3. The molecule has 7 heteroatoms. The number of aromatic amines is 1. The highest BCUT2D eigenvalue weighted by Crippen LogP contribution is 2.40. The van der Waals surface area contributed by atoms with Crippen LogP contribution in [0.5, 0.6) is 0 Å². The van der Waals surface area contributed by atoms with Gasteiger partial charge in [0.25, 0.3) is 0 Å². The van der Waals surface area contributed by atoms with Crippen molar-refractivity contribution in [2.24, 2.45) is 0 Å². The lowest BCUT2D eigenvalue weighted by Crippen LogP contribution is -2.55. The largest absolute Gasteiger partial charge is 0.362 e. The Bertz CT molecular complexity index is 949. The fourth-order valence-electron chi connectivity index (χ4n) is 3.93. The Kier molecular flexibility index (Phi) is 4.50. The van der Waals surface area contributed by atoms with Crippen molar-refractivity contribution in [3.8, 4) is 0 Å². The zero-order valence-electron chi connectivity index (χ0n) is 14.1. The summed E-state index contributed by atoms with van der Waals surface area (Å²) in [4.78, 5) is 15.9. The molecule has 2 atom stereocenters. The second-order valence-corrected chi connectivity index (χ2v) is 9.02. The van der Waals surface area contributed by atoms with Crippen LogP contribution in [-0.2, 0) is 14.8 Å². The lowest BCUT2D eigenvalue weighted by Gasteiger charge is -2.45. The number of ketones is 1.